The Morgan fingerprint density at radius 2 is 2.10 bits per heavy atom. The third-order valence-electron chi connectivity index (χ3n) is 6.02. The quantitative estimate of drug-likeness (QED) is 0.594. The molecule has 1 aliphatic heterocycles. The molecule has 1 aliphatic carbocycles. The third-order valence-corrected chi connectivity index (χ3v) is 7.52. The lowest BCUT2D eigenvalue weighted by atomic mass is 9.68. The van der Waals surface area contributed by atoms with Gasteiger partial charge in [0.2, 0.25) is 5.91 Å². The Balaban J connectivity index is 1.49. The third kappa shape index (κ3) is 4.30. The van der Waals surface area contributed by atoms with Crippen LogP contribution < -0.4 is 10.2 Å². The summed E-state index contributed by atoms with van der Waals surface area (Å²) in [4.78, 5) is 18.9. The summed E-state index contributed by atoms with van der Waals surface area (Å²) >= 11 is 7.21. The number of amides is 1. The van der Waals surface area contributed by atoms with Crippen LogP contribution in [-0.2, 0) is 23.9 Å². The van der Waals surface area contributed by atoms with Crippen molar-refractivity contribution in [2.75, 3.05) is 16.8 Å². The summed E-state index contributed by atoms with van der Waals surface area (Å²) < 4.78 is 38.9. The Hall–Kier alpha value is -1.80. The average molecular weight is 458 g/mol. The second-order valence-corrected chi connectivity index (χ2v) is 10.1. The SMILES string of the molecule is Cc1cc(N2CCc3sc(C(F)(F)F)nc3C2)cc(Cl)c1NC(=O)CC1(C)CCC1. The van der Waals surface area contributed by atoms with Crippen LogP contribution in [0.1, 0.15) is 53.7 Å². The molecular formula is C21H23ClF3N3OS. The normalized spacial score (nSPS) is 18.0. The first-order chi connectivity index (χ1) is 14.0. The topological polar surface area (TPSA) is 45.2 Å². The van der Waals surface area contributed by atoms with E-state index in [4.69, 9.17) is 11.6 Å². The lowest BCUT2D eigenvalue weighted by molar-refractivity contribution is -0.137. The number of anilines is 2. The van der Waals surface area contributed by atoms with Crippen LogP contribution in [0.15, 0.2) is 12.1 Å². The number of thiazole rings is 1. The maximum Gasteiger partial charge on any atom is 0.443 e. The second-order valence-electron chi connectivity index (χ2n) is 8.57. The minimum atomic E-state index is -4.41. The first-order valence-corrected chi connectivity index (χ1v) is 11.1. The van der Waals surface area contributed by atoms with Crippen LogP contribution in [0.3, 0.4) is 0 Å². The van der Waals surface area contributed by atoms with E-state index in [-0.39, 0.29) is 11.3 Å². The molecule has 0 unspecified atom stereocenters. The van der Waals surface area contributed by atoms with Crippen molar-refractivity contribution < 1.29 is 18.0 Å². The fraction of sp³-hybridized carbons (Fsp3) is 0.524. The number of halogens is 4. The Labute approximate surface area is 182 Å². The summed E-state index contributed by atoms with van der Waals surface area (Å²) in [6, 6.07) is 3.67. The van der Waals surface area contributed by atoms with Crippen LogP contribution in [0.4, 0.5) is 24.5 Å². The van der Waals surface area contributed by atoms with Gasteiger partial charge in [0.15, 0.2) is 5.01 Å². The monoisotopic (exact) mass is 457 g/mol. The number of carbonyl (C=O) groups is 1. The number of hydrogen-bond donors (Lipinski definition) is 1. The minimum Gasteiger partial charge on any atom is -0.365 e. The van der Waals surface area contributed by atoms with Crippen LogP contribution in [0, 0.1) is 12.3 Å². The molecule has 2 aliphatic rings. The van der Waals surface area contributed by atoms with Crippen molar-refractivity contribution in [3.05, 3.63) is 38.3 Å². The second kappa shape index (κ2) is 7.71. The van der Waals surface area contributed by atoms with Crippen LogP contribution in [0.25, 0.3) is 0 Å². The van der Waals surface area contributed by atoms with Crippen molar-refractivity contribution in [3.63, 3.8) is 0 Å². The summed E-state index contributed by atoms with van der Waals surface area (Å²) in [5.74, 6) is -0.0419. The van der Waals surface area contributed by atoms with Gasteiger partial charge in [0.25, 0.3) is 0 Å². The first kappa shape index (κ1) is 21.4. The lowest BCUT2D eigenvalue weighted by Gasteiger charge is -2.37. The van der Waals surface area contributed by atoms with E-state index in [9.17, 15) is 18.0 Å². The summed E-state index contributed by atoms with van der Waals surface area (Å²) in [5, 5.41) is 2.58. The molecule has 1 aromatic carbocycles. The molecule has 162 valence electrons. The van der Waals surface area contributed by atoms with Crippen molar-refractivity contribution in [2.24, 2.45) is 5.41 Å². The number of aryl methyl sites for hydroxylation is 1. The van der Waals surface area contributed by atoms with Crippen LogP contribution in [0.2, 0.25) is 5.02 Å². The van der Waals surface area contributed by atoms with Crippen LogP contribution in [-0.4, -0.2) is 17.4 Å². The number of benzene rings is 1. The van der Waals surface area contributed by atoms with E-state index in [0.29, 0.717) is 47.2 Å². The fourth-order valence-electron chi connectivity index (χ4n) is 4.14. The minimum absolute atomic E-state index is 0.0419. The van der Waals surface area contributed by atoms with Crippen molar-refractivity contribution >= 4 is 40.2 Å². The molecule has 0 radical (unpaired) electrons. The number of rotatable bonds is 4. The van der Waals surface area contributed by atoms with E-state index >= 15 is 0 Å². The number of fused-ring (bicyclic) bond motifs is 1. The van der Waals surface area contributed by atoms with E-state index in [1.54, 1.807) is 6.07 Å². The van der Waals surface area contributed by atoms with E-state index in [1.807, 2.05) is 17.9 Å². The fourth-order valence-corrected chi connectivity index (χ4v) is 5.37. The molecule has 30 heavy (non-hydrogen) atoms. The predicted octanol–water partition coefficient (Wildman–Crippen LogP) is 6.21. The number of hydrogen-bond acceptors (Lipinski definition) is 4. The largest absolute Gasteiger partial charge is 0.443 e. The van der Waals surface area contributed by atoms with Gasteiger partial charge in [0, 0.05) is 30.0 Å². The Morgan fingerprint density at radius 3 is 2.70 bits per heavy atom. The van der Waals surface area contributed by atoms with E-state index in [1.165, 1.54) is 6.42 Å². The van der Waals surface area contributed by atoms with Gasteiger partial charge in [-0.05, 0) is 42.9 Å². The van der Waals surface area contributed by atoms with E-state index in [0.717, 1.165) is 35.4 Å². The summed E-state index contributed by atoms with van der Waals surface area (Å²) in [5.41, 5.74) is 2.79. The van der Waals surface area contributed by atoms with Gasteiger partial charge in [-0.15, -0.1) is 11.3 Å². The smallest absolute Gasteiger partial charge is 0.365 e. The van der Waals surface area contributed by atoms with Crippen molar-refractivity contribution in [1.82, 2.24) is 4.98 Å². The van der Waals surface area contributed by atoms with Gasteiger partial charge >= 0.3 is 6.18 Å². The van der Waals surface area contributed by atoms with Gasteiger partial charge in [0.05, 0.1) is 22.9 Å². The zero-order valence-electron chi connectivity index (χ0n) is 16.8. The lowest BCUT2D eigenvalue weighted by Crippen LogP contribution is -2.31. The Morgan fingerprint density at radius 1 is 1.37 bits per heavy atom. The van der Waals surface area contributed by atoms with Crippen molar-refractivity contribution in [3.8, 4) is 0 Å². The predicted molar refractivity (Wildman–Crippen MR) is 113 cm³/mol. The van der Waals surface area contributed by atoms with E-state index < -0.39 is 11.2 Å². The number of aromatic nitrogens is 1. The molecule has 1 amide bonds. The van der Waals surface area contributed by atoms with Gasteiger partial charge in [-0.1, -0.05) is 24.9 Å². The zero-order chi connectivity index (χ0) is 21.7. The van der Waals surface area contributed by atoms with Gasteiger partial charge < -0.3 is 10.2 Å². The molecule has 1 fully saturated rings. The molecule has 1 aromatic heterocycles. The number of nitrogens with zero attached hydrogens (tertiary/aromatic N) is 2. The maximum absolute atomic E-state index is 13.0. The zero-order valence-corrected chi connectivity index (χ0v) is 18.4. The summed E-state index contributed by atoms with van der Waals surface area (Å²) in [6.07, 6.45) is -0.130. The standard InChI is InChI=1S/C21H23ClF3N3OS/c1-12-8-13(9-14(22)18(12)27-17(29)10-20(2)5-3-6-20)28-7-4-16-15(11-28)26-19(30-16)21(23,24)25/h8-9H,3-7,10-11H2,1-2H3,(H,27,29). The number of alkyl halides is 3. The molecule has 9 heteroatoms. The van der Waals surface area contributed by atoms with E-state index in [2.05, 4.69) is 17.2 Å². The van der Waals surface area contributed by atoms with Gasteiger partial charge in [-0.3, -0.25) is 4.79 Å². The molecule has 0 bridgehead atoms. The number of nitrogens with one attached hydrogen (secondary N) is 1. The maximum atomic E-state index is 13.0. The molecule has 4 nitrogen and oxygen atoms in total. The molecule has 2 aromatic rings. The van der Waals surface area contributed by atoms with Crippen LogP contribution in [0.5, 0.6) is 0 Å². The van der Waals surface area contributed by atoms with Gasteiger partial charge in [-0.2, -0.15) is 13.2 Å². The molecule has 0 spiro atoms. The summed E-state index contributed by atoms with van der Waals surface area (Å²) in [6.45, 7) is 4.89. The molecule has 4 rings (SSSR count). The summed E-state index contributed by atoms with van der Waals surface area (Å²) in [7, 11) is 0. The first-order valence-electron chi connectivity index (χ1n) is 9.95. The molecular weight excluding hydrogens is 435 g/mol. The highest BCUT2D eigenvalue weighted by Gasteiger charge is 2.37. The van der Waals surface area contributed by atoms with Gasteiger partial charge in [-0.25, -0.2) is 4.98 Å². The number of carbonyl (C=O) groups excluding carboxylic acids is 1. The van der Waals surface area contributed by atoms with Crippen molar-refractivity contribution in [2.45, 2.75) is 58.7 Å². The Kier molecular flexibility index (Phi) is 5.51. The highest BCUT2D eigenvalue weighted by Crippen LogP contribution is 2.44. The van der Waals surface area contributed by atoms with Gasteiger partial charge in [0.1, 0.15) is 0 Å². The highest BCUT2D eigenvalue weighted by atomic mass is 35.5. The molecule has 2 heterocycles. The Bertz CT molecular complexity index is 961. The van der Waals surface area contributed by atoms with Crippen LogP contribution >= 0.6 is 22.9 Å². The molecule has 0 saturated heterocycles. The molecule has 1 N–H and O–H groups in total. The van der Waals surface area contributed by atoms with Crippen molar-refractivity contribution in [1.29, 1.82) is 0 Å². The average Bonchev–Trinajstić information content (AvgIpc) is 3.07. The molecule has 0 atom stereocenters. The molecule has 1 saturated carbocycles. The highest BCUT2D eigenvalue weighted by molar-refractivity contribution is 7.11.